The van der Waals surface area contributed by atoms with Crippen molar-refractivity contribution in [1.82, 2.24) is 10.2 Å². The third kappa shape index (κ3) is 3.82. The fraction of sp³-hybridized carbons (Fsp3) is 0.500. The van der Waals surface area contributed by atoms with E-state index in [1.54, 1.807) is 30.3 Å². The molecule has 0 bridgehead atoms. The zero-order valence-corrected chi connectivity index (χ0v) is 13.9. The molecule has 2 aliphatic heterocycles. The lowest BCUT2D eigenvalue weighted by Gasteiger charge is -2.26. The fourth-order valence-corrected chi connectivity index (χ4v) is 3.42. The van der Waals surface area contributed by atoms with Crippen LogP contribution in [0.25, 0.3) is 0 Å². The lowest BCUT2D eigenvalue weighted by Crippen LogP contribution is -2.46. The Morgan fingerprint density at radius 2 is 2.00 bits per heavy atom. The summed E-state index contributed by atoms with van der Waals surface area (Å²) in [6, 6.07) is 6.97. The maximum absolute atomic E-state index is 12.7. The summed E-state index contributed by atoms with van der Waals surface area (Å²) in [6.07, 6.45) is 1.99. The predicted octanol–water partition coefficient (Wildman–Crippen LogP) is 0.956. The summed E-state index contributed by atoms with van der Waals surface area (Å²) in [6.45, 7) is 1.34. The van der Waals surface area contributed by atoms with Crippen LogP contribution >= 0.6 is 0 Å². The highest BCUT2D eigenvalue weighted by atomic mass is 16.5. The third-order valence-corrected chi connectivity index (χ3v) is 4.75. The third-order valence-electron chi connectivity index (χ3n) is 4.75. The van der Waals surface area contributed by atoms with Gasteiger partial charge in [-0.3, -0.25) is 9.59 Å². The minimum Gasteiger partial charge on any atom is -0.479 e. The number of aliphatic carboxylic acids is 1. The highest BCUT2D eigenvalue weighted by molar-refractivity contribution is 5.92. The van der Waals surface area contributed by atoms with Gasteiger partial charge in [-0.25, -0.2) is 4.79 Å². The fourth-order valence-electron chi connectivity index (χ4n) is 3.42. The molecule has 3 atom stereocenters. The van der Waals surface area contributed by atoms with E-state index in [1.807, 2.05) is 0 Å². The molecule has 2 amide bonds. The van der Waals surface area contributed by atoms with Gasteiger partial charge in [-0.1, -0.05) is 30.3 Å². The molecule has 3 rings (SSSR count). The summed E-state index contributed by atoms with van der Waals surface area (Å²) < 4.78 is 5.31. The molecule has 0 spiro atoms. The van der Waals surface area contributed by atoms with Crippen LogP contribution < -0.4 is 5.32 Å². The smallest absolute Gasteiger partial charge is 0.331 e. The molecule has 0 aromatic heterocycles. The van der Waals surface area contributed by atoms with Crippen LogP contribution in [-0.2, 0) is 19.1 Å². The number of hydrogen-bond donors (Lipinski definition) is 2. The molecule has 2 aliphatic rings. The first kappa shape index (κ1) is 17.4. The molecule has 0 radical (unpaired) electrons. The first-order valence-electron chi connectivity index (χ1n) is 8.54. The lowest BCUT2D eigenvalue weighted by molar-refractivity contribution is -0.149. The molecule has 3 unspecified atom stereocenters. The van der Waals surface area contributed by atoms with Gasteiger partial charge in [0, 0.05) is 13.2 Å². The minimum absolute atomic E-state index is 0.188. The summed E-state index contributed by atoms with van der Waals surface area (Å²) in [5.74, 6) is -1.85. The van der Waals surface area contributed by atoms with E-state index in [2.05, 4.69) is 5.32 Å². The van der Waals surface area contributed by atoms with Gasteiger partial charge in [-0.15, -0.1) is 0 Å². The molecule has 7 nitrogen and oxygen atoms in total. The van der Waals surface area contributed by atoms with E-state index < -0.39 is 18.1 Å². The standard InChI is InChI=1S/C18H22N2O5/c21-16(13-7-4-10-25-11-13)19-14-8-9-20(17(14)22)15(18(23)24)12-5-2-1-3-6-12/h1-3,5-6,13-15H,4,7-11H2,(H,19,21)(H,23,24). The van der Waals surface area contributed by atoms with Gasteiger partial charge in [0.1, 0.15) is 6.04 Å². The molecule has 2 saturated heterocycles. The average Bonchev–Trinajstić information content (AvgIpc) is 2.97. The average molecular weight is 346 g/mol. The molecule has 2 fully saturated rings. The minimum atomic E-state index is -1.08. The van der Waals surface area contributed by atoms with Crippen LogP contribution in [-0.4, -0.2) is 53.6 Å². The first-order chi connectivity index (χ1) is 12.1. The topological polar surface area (TPSA) is 95.9 Å². The van der Waals surface area contributed by atoms with E-state index in [0.717, 1.165) is 12.8 Å². The van der Waals surface area contributed by atoms with Crippen LogP contribution in [0.5, 0.6) is 0 Å². The second kappa shape index (κ2) is 7.65. The van der Waals surface area contributed by atoms with E-state index in [9.17, 15) is 19.5 Å². The van der Waals surface area contributed by atoms with Crippen molar-refractivity contribution >= 4 is 17.8 Å². The summed E-state index contributed by atoms with van der Waals surface area (Å²) in [7, 11) is 0. The van der Waals surface area contributed by atoms with Crippen LogP contribution in [0.3, 0.4) is 0 Å². The Bertz CT molecular complexity index is 642. The Hall–Kier alpha value is -2.41. The Morgan fingerprint density at radius 1 is 1.24 bits per heavy atom. The van der Waals surface area contributed by atoms with Crippen LogP contribution in [0.1, 0.15) is 30.9 Å². The van der Waals surface area contributed by atoms with Gasteiger partial charge >= 0.3 is 5.97 Å². The number of amides is 2. The summed E-state index contributed by atoms with van der Waals surface area (Å²) in [5.41, 5.74) is 0.552. The number of carbonyl (C=O) groups excluding carboxylic acids is 2. The van der Waals surface area contributed by atoms with Crippen LogP contribution in [0.4, 0.5) is 0 Å². The largest absolute Gasteiger partial charge is 0.479 e. The van der Waals surface area contributed by atoms with E-state index in [4.69, 9.17) is 4.74 Å². The van der Waals surface area contributed by atoms with Gasteiger partial charge < -0.3 is 20.1 Å². The molecule has 0 aliphatic carbocycles. The van der Waals surface area contributed by atoms with Crippen molar-refractivity contribution in [2.45, 2.75) is 31.3 Å². The van der Waals surface area contributed by atoms with Gasteiger partial charge in [0.2, 0.25) is 11.8 Å². The zero-order valence-electron chi connectivity index (χ0n) is 13.9. The molecule has 7 heteroatoms. The van der Waals surface area contributed by atoms with Crippen molar-refractivity contribution in [1.29, 1.82) is 0 Å². The van der Waals surface area contributed by atoms with Gasteiger partial charge in [0.15, 0.2) is 6.04 Å². The van der Waals surface area contributed by atoms with E-state index in [-0.39, 0.29) is 17.7 Å². The van der Waals surface area contributed by atoms with Crippen LogP contribution in [0.15, 0.2) is 30.3 Å². The number of carboxylic acid groups (broad SMARTS) is 1. The first-order valence-corrected chi connectivity index (χ1v) is 8.54. The van der Waals surface area contributed by atoms with Crippen LogP contribution in [0, 0.1) is 5.92 Å². The normalized spacial score (nSPS) is 24.8. The number of ether oxygens (including phenoxy) is 1. The van der Waals surface area contributed by atoms with Crippen molar-refractivity contribution in [3.8, 4) is 0 Å². The summed E-state index contributed by atoms with van der Waals surface area (Å²) in [5, 5.41) is 12.3. The number of hydrogen-bond acceptors (Lipinski definition) is 4. The monoisotopic (exact) mass is 346 g/mol. The van der Waals surface area contributed by atoms with Crippen molar-refractivity contribution < 1.29 is 24.2 Å². The molecule has 1 aromatic rings. The summed E-state index contributed by atoms with van der Waals surface area (Å²) >= 11 is 0. The number of rotatable bonds is 5. The van der Waals surface area contributed by atoms with Crippen molar-refractivity contribution in [3.63, 3.8) is 0 Å². The highest BCUT2D eigenvalue weighted by Gasteiger charge is 2.41. The highest BCUT2D eigenvalue weighted by Crippen LogP contribution is 2.27. The van der Waals surface area contributed by atoms with Gasteiger partial charge in [0.05, 0.1) is 12.5 Å². The molecule has 0 saturated carbocycles. The van der Waals surface area contributed by atoms with Gasteiger partial charge in [0.25, 0.3) is 0 Å². The second-order valence-electron chi connectivity index (χ2n) is 6.45. The maximum Gasteiger partial charge on any atom is 0.331 e. The zero-order chi connectivity index (χ0) is 17.8. The molecule has 2 heterocycles. The number of nitrogens with zero attached hydrogens (tertiary/aromatic N) is 1. The molecule has 1 aromatic carbocycles. The second-order valence-corrected chi connectivity index (χ2v) is 6.45. The van der Waals surface area contributed by atoms with E-state index in [0.29, 0.717) is 31.7 Å². The molecule has 134 valence electrons. The molecule has 2 N–H and O–H groups in total. The van der Waals surface area contributed by atoms with Gasteiger partial charge in [-0.05, 0) is 24.8 Å². The van der Waals surface area contributed by atoms with E-state index >= 15 is 0 Å². The number of nitrogens with one attached hydrogen (secondary N) is 1. The number of carbonyl (C=O) groups is 3. The number of carboxylic acids is 1. The van der Waals surface area contributed by atoms with Crippen molar-refractivity contribution in [2.75, 3.05) is 19.8 Å². The maximum atomic E-state index is 12.7. The Kier molecular flexibility index (Phi) is 5.33. The SMILES string of the molecule is O=C(NC1CCN(C(C(=O)O)c2ccccc2)C1=O)C1CCCOC1. The Labute approximate surface area is 146 Å². The summed E-state index contributed by atoms with van der Waals surface area (Å²) in [4.78, 5) is 38.0. The lowest BCUT2D eigenvalue weighted by atomic mass is 10.0. The predicted molar refractivity (Wildman–Crippen MR) is 88.6 cm³/mol. The number of benzene rings is 1. The molecule has 25 heavy (non-hydrogen) atoms. The van der Waals surface area contributed by atoms with Gasteiger partial charge in [-0.2, -0.15) is 0 Å². The molecular formula is C18H22N2O5. The molecular weight excluding hydrogens is 324 g/mol. The van der Waals surface area contributed by atoms with Crippen LogP contribution in [0.2, 0.25) is 0 Å². The Balaban J connectivity index is 1.68. The van der Waals surface area contributed by atoms with Crippen molar-refractivity contribution in [2.24, 2.45) is 5.92 Å². The van der Waals surface area contributed by atoms with Crippen molar-refractivity contribution in [3.05, 3.63) is 35.9 Å². The number of likely N-dealkylation sites (tertiary alicyclic amines) is 1. The van der Waals surface area contributed by atoms with E-state index in [1.165, 1.54) is 4.90 Å². The Morgan fingerprint density at radius 3 is 2.64 bits per heavy atom. The quantitative estimate of drug-likeness (QED) is 0.828.